The van der Waals surface area contributed by atoms with E-state index in [1.807, 2.05) is 6.20 Å². The lowest BCUT2D eigenvalue weighted by molar-refractivity contribution is 0.573. The molecule has 1 heterocycles. The van der Waals surface area contributed by atoms with Crippen LogP contribution < -0.4 is 5.45 Å². The maximum absolute atomic E-state index is 4.37. The summed E-state index contributed by atoms with van der Waals surface area (Å²) in [4.78, 5) is 7.76. The van der Waals surface area contributed by atoms with Crippen molar-refractivity contribution in [3.63, 3.8) is 0 Å². The van der Waals surface area contributed by atoms with Crippen molar-refractivity contribution < 1.29 is 0 Å². The minimum atomic E-state index is -0.418. The zero-order valence-corrected chi connectivity index (χ0v) is 9.52. The monoisotopic (exact) mass is 181 g/mol. The Hall–Kier alpha value is -0.573. The Balaban J connectivity index is 2.92. The number of nitrogens with one attached hydrogen (secondary N) is 1. The second kappa shape index (κ2) is 3.05. The van der Waals surface area contributed by atoms with Gasteiger partial charge in [-0.05, 0) is 0 Å². The van der Waals surface area contributed by atoms with Gasteiger partial charge in [0.1, 0.15) is 8.80 Å². The molecule has 0 bridgehead atoms. The van der Waals surface area contributed by atoms with Crippen molar-refractivity contribution in [3.05, 3.63) is 11.9 Å². The first-order valence-electron chi connectivity index (χ1n) is 4.27. The molecule has 0 aliphatic carbocycles. The molecule has 0 spiro atoms. The molecule has 1 aromatic rings. The van der Waals surface area contributed by atoms with Gasteiger partial charge in [-0.1, -0.05) is 33.9 Å². The van der Waals surface area contributed by atoms with Crippen LogP contribution in [0, 0.1) is 0 Å². The maximum atomic E-state index is 4.37. The van der Waals surface area contributed by atoms with Crippen LogP contribution in [-0.2, 0) is 5.41 Å². The second-order valence-corrected chi connectivity index (χ2v) is 6.87. The fourth-order valence-electron chi connectivity index (χ4n) is 0.956. The van der Waals surface area contributed by atoms with Crippen LogP contribution in [0.25, 0.3) is 0 Å². The number of aromatic amines is 1. The highest BCUT2D eigenvalue weighted by atomic mass is 28.3. The van der Waals surface area contributed by atoms with Crippen LogP contribution in [0.15, 0.2) is 6.20 Å². The Morgan fingerprint density at radius 3 is 2.17 bits per heavy atom. The number of imidazole rings is 1. The Morgan fingerprint density at radius 2 is 1.92 bits per heavy atom. The van der Waals surface area contributed by atoms with E-state index in [-0.39, 0.29) is 5.41 Å². The predicted molar refractivity (Wildman–Crippen MR) is 54.4 cm³/mol. The van der Waals surface area contributed by atoms with Gasteiger partial charge in [-0.2, -0.15) is 0 Å². The van der Waals surface area contributed by atoms with Gasteiger partial charge in [0, 0.05) is 17.3 Å². The van der Waals surface area contributed by atoms with Crippen LogP contribution in [0.5, 0.6) is 0 Å². The lowest BCUT2D eigenvalue weighted by atomic mass is 9.93. The Labute approximate surface area is 76.0 Å². The lowest BCUT2D eigenvalue weighted by Crippen LogP contribution is -2.27. The molecule has 1 N–H and O–H groups in total. The molecule has 2 nitrogen and oxygen atoms in total. The van der Waals surface area contributed by atoms with Crippen molar-refractivity contribution in [2.75, 3.05) is 0 Å². The summed E-state index contributed by atoms with van der Waals surface area (Å²) in [6.45, 7) is 11.1. The summed E-state index contributed by atoms with van der Waals surface area (Å²) in [6.07, 6.45) is 1.97. The van der Waals surface area contributed by atoms with Crippen molar-refractivity contribution >= 4 is 14.2 Å². The van der Waals surface area contributed by atoms with E-state index in [4.69, 9.17) is 0 Å². The molecule has 67 valence electrons. The number of aromatic nitrogens is 2. The fourth-order valence-corrected chi connectivity index (χ4v) is 1.66. The minimum absolute atomic E-state index is 0.197. The first-order chi connectivity index (χ1) is 5.41. The zero-order valence-electron chi connectivity index (χ0n) is 8.52. The number of hydrogen-bond acceptors (Lipinski definition) is 1. The van der Waals surface area contributed by atoms with E-state index in [9.17, 15) is 0 Å². The quantitative estimate of drug-likeness (QED) is 0.656. The van der Waals surface area contributed by atoms with Gasteiger partial charge in [-0.25, -0.2) is 4.98 Å². The standard InChI is InChI=1S/C9H17N2Si/c1-9(2,3)7-6-10-8(11-7)12(4)5/h6H,1-5H3,(H,10,11). The van der Waals surface area contributed by atoms with E-state index >= 15 is 0 Å². The SMILES string of the molecule is C[Si](C)c1ncc(C(C)(C)C)[nH]1. The first kappa shape index (κ1) is 9.51. The van der Waals surface area contributed by atoms with Gasteiger partial charge in [0.15, 0.2) is 0 Å². The smallest absolute Gasteiger partial charge is 0.127 e. The largest absolute Gasteiger partial charge is 0.350 e. The van der Waals surface area contributed by atoms with Crippen LogP contribution in [0.2, 0.25) is 13.1 Å². The highest BCUT2D eigenvalue weighted by Gasteiger charge is 2.17. The van der Waals surface area contributed by atoms with E-state index in [1.54, 1.807) is 0 Å². The third-order valence-corrected chi connectivity index (χ3v) is 3.06. The molecular formula is C9H17N2Si. The number of H-pyrrole nitrogens is 1. The van der Waals surface area contributed by atoms with Crippen LogP contribution >= 0.6 is 0 Å². The molecule has 0 aliphatic rings. The van der Waals surface area contributed by atoms with Crippen LogP contribution in [-0.4, -0.2) is 18.8 Å². The predicted octanol–water partition coefficient (Wildman–Crippen LogP) is 1.67. The van der Waals surface area contributed by atoms with Crippen LogP contribution in [0.4, 0.5) is 0 Å². The van der Waals surface area contributed by atoms with Crippen LogP contribution in [0.3, 0.4) is 0 Å². The molecule has 0 atom stereocenters. The molecule has 1 radical (unpaired) electrons. The molecule has 0 saturated carbocycles. The third-order valence-electron chi connectivity index (χ3n) is 1.86. The van der Waals surface area contributed by atoms with Gasteiger partial charge < -0.3 is 4.98 Å². The first-order valence-corrected chi connectivity index (χ1v) is 6.77. The highest BCUT2D eigenvalue weighted by Crippen LogP contribution is 2.17. The minimum Gasteiger partial charge on any atom is -0.350 e. The van der Waals surface area contributed by atoms with E-state index in [0.717, 1.165) is 0 Å². The summed E-state index contributed by atoms with van der Waals surface area (Å²) < 4.78 is 0. The van der Waals surface area contributed by atoms with Crippen molar-refractivity contribution in [2.24, 2.45) is 0 Å². The topological polar surface area (TPSA) is 28.7 Å². The van der Waals surface area contributed by atoms with E-state index in [2.05, 4.69) is 43.8 Å². The fraction of sp³-hybridized carbons (Fsp3) is 0.667. The van der Waals surface area contributed by atoms with Gasteiger partial charge in [0.05, 0.1) is 5.45 Å². The average molecular weight is 181 g/mol. The lowest BCUT2D eigenvalue weighted by Gasteiger charge is -2.15. The number of nitrogens with zero attached hydrogens (tertiary/aromatic N) is 1. The normalized spacial score (nSPS) is 12.5. The van der Waals surface area contributed by atoms with Gasteiger partial charge in [-0.15, -0.1) is 0 Å². The Bertz CT molecular complexity index is 258. The maximum Gasteiger partial charge on any atom is 0.127 e. The number of hydrogen-bond donors (Lipinski definition) is 1. The molecule has 0 fully saturated rings. The van der Waals surface area contributed by atoms with Crippen molar-refractivity contribution in [3.8, 4) is 0 Å². The summed E-state index contributed by atoms with van der Waals surface area (Å²) in [7, 11) is -0.418. The molecule has 0 saturated heterocycles. The third kappa shape index (κ3) is 1.97. The summed E-state index contributed by atoms with van der Waals surface area (Å²) in [5.74, 6) is 0. The van der Waals surface area contributed by atoms with Crippen molar-refractivity contribution in [1.82, 2.24) is 9.97 Å². The molecule has 0 amide bonds. The molecule has 1 rings (SSSR count). The second-order valence-electron chi connectivity index (χ2n) is 4.40. The summed E-state index contributed by atoms with van der Waals surface area (Å²) in [5.41, 5.74) is 2.62. The Morgan fingerprint density at radius 1 is 1.33 bits per heavy atom. The van der Waals surface area contributed by atoms with Crippen molar-refractivity contribution in [2.45, 2.75) is 39.3 Å². The molecular weight excluding hydrogens is 164 g/mol. The van der Waals surface area contributed by atoms with Gasteiger partial charge in [0.2, 0.25) is 0 Å². The molecule has 0 unspecified atom stereocenters. The van der Waals surface area contributed by atoms with E-state index in [1.165, 1.54) is 11.1 Å². The van der Waals surface area contributed by atoms with Gasteiger partial charge >= 0.3 is 0 Å². The summed E-state index contributed by atoms with van der Waals surface area (Å²) in [5, 5.41) is 0. The Kier molecular flexibility index (Phi) is 2.42. The number of rotatable bonds is 1. The summed E-state index contributed by atoms with van der Waals surface area (Å²) in [6, 6.07) is 0. The van der Waals surface area contributed by atoms with Crippen LogP contribution in [0.1, 0.15) is 26.5 Å². The summed E-state index contributed by atoms with van der Waals surface area (Å²) >= 11 is 0. The van der Waals surface area contributed by atoms with E-state index < -0.39 is 8.80 Å². The molecule has 12 heavy (non-hydrogen) atoms. The highest BCUT2D eigenvalue weighted by molar-refractivity contribution is 6.69. The van der Waals surface area contributed by atoms with E-state index in [0.29, 0.717) is 0 Å². The molecule has 0 aromatic carbocycles. The van der Waals surface area contributed by atoms with Gasteiger partial charge in [-0.3, -0.25) is 0 Å². The van der Waals surface area contributed by atoms with Gasteiger partial charge in [0.25, 0.3) is 0 Å². The molecule has 1 aromatic heterocycles. The van der Waals surface area contributed by atoms with Crippen molar-refractivity contribution in [1.29, 1.82) is 0 Å². The molecule has 3 heteroatoms. The molecule has 0 aliphatic heterocycles. The average Bonchev–Trinajstić information content (AvgIpc) is 2.30. The zero-order chi connectivity index (χ0) is 9.35.